The van der Waals surface area contributed by atoms with Gasteiger partial charge >= 0.3 is 0 Å². The van der Waals surface area contributed by atoms with Gasteiger partial charge in [0.05, 0.1) is 37.7 Å². The van der Waals surface area contributed by atoms with E-state index in [1.54, 1.807) is 0 Å². The van der Waals surface area contributed by atoms with E-state index in [1.165, 1.54) is 0 Å². The molecule has 114 valence electrons. The zero-order valence-corrected chi connectivity index (χ0v) is 12.2. The summed E-state index contributed by atoms with van der Waals surface area (Å²) in [4.78, 5) is 4.26. The van der Waals surface area contributed by atoms with Crippen LogP contribution in [0.15, 0.2) is 4.42 Å². The number of aliphatic hydroxyl groups is 1. The van der Waals surface area contributed by atoms with Crippen molar-refractivity contribution in [1.29, 1.82) is 0 Å². The van der Waals surface area contributed by atoms with Crippen molar-refractivity contribution >= 4 is 0 Å². The fourth-order valence-electron chi connectivity index (χ4n) is 2.13. The second-order valence-electron chi connectivity index (χ2n) is 5.21. The summed E-state index contributed by atoms with van der Waals surface area (Å²) in [5.74, 6) is 1.48. The molecule has 2 rings (SSSR count). The third-order valence-corrected chi connectivity index (χ3v) is 3.37. The highest BCUT2D eigenvalue weighted by atomic mass is 16.5. The second-order valence-corrected chi connectivity index (χ2v) is 5.21. The summed E-state index contributed by atoms with van der Waals surface area (Å²) in [6, 6.07) is 0. The number of oxazole rings is 1. The molecule has 1 aliphatic heterocycles. The monoisotopic (exact) mass is 284 g/mol. The van der Waals surface area contributed by atoms with Crippen molar-refractivity contribution in [3.05, 3.63) is 17.3 Å². The van der Waals surface area contributed by atoms with Gasteiger partial charge in [-0.3, -0.25) is 0 Å². The van der Waals surface area contributed by atoms with Crippen molar-refractivity contribution in [3.63, 3.8) is 0 Å². The third-order valence-electron chi connectivity index (χ3n) is 3.37. The maximum Gasteiger partial charge on any atom is 0.208 e. The van der Waals surface area contributed by atoms with Gasteiger partial charge in [0.1, 0.15) is 5.76 Å². The highest BCUT2D eigenvalue weighted by Gasteiger charge is 2.16. The molecule has 2 unspecified atom stereocenters. The molecule has 6 heteroatoms. The molecule has 0 aromatic carbocycles. The van der Waals surface area contributed by atoms with Crippen molar-refractivity contribution in [3.8, 4) is 0 Å². The lowest BCUT2D eigenvalue weighted by atomic mass is 10.2. The number of rotatable bonds is 8. The minimum absolute atomic E-state index is 0.202. The maximum absolute atomic E-state index is 9.78. The first kappa shape index (κ1) is 15.4. The Morgan fingerprint density at radius 3 is 3.00 bits per heavy atom. The van der Waals surface area contributed by atoms with Crippen LogP contribution in [0.5, 0.6) is 0 Å². The standard InChI is InChI=1S/C14H24N2O4/c1-10-11(2)20-14(16-10)7-15-6-12(17)8-18-9-13-4-3-5-19-13/h12-13,15,17H,3-9H2,1-2H3. The Morgan fingerprint density at radius 2 is 2.35 bits per heavy atom. The molecule has 1 aliphatic rings. The van der Waals surface area contributed by atoms with Crippen LogP contribution in [0.3, 0.4) is 0 Å². The van der Waals surface area contributed by atoms with E-state index in [9.17, 15) is 5.11 Å². The van der Waals surface area contributed by atoms with E-state index in [-0.39, 0.29) is 6.10 Å². The Kier molecular flexibility index (Phi) is 5.97. The average molecular weight is 284 g/mol. The van der Waals surface area contributed by atoms with Crippen LogP contribution >= 0.6 is 0 Å². The quantitative estimate of drug-likeness (QED) is 0.740. The molecule has 2 atom stereocenters. The predicted octanol–water partition coefficient (Wildman–Crippen LogP) is 0.938. The lowest BCUT2D eigenvalue weighted by Gasteiger charge is -2.14. The van der Waals surface area contributed by atoms with Crippen molar-refractivity contribution in [1.82, 2.24) is 10.3 Å². The van der Waals surface area contributed by atoms with Gasteiger partial charge in [-0.2, -0.15) is 0 Å². The molecular formula is C14H24N2O4. The second kappa shape index (κ2) is 7.73. The SMILES string of the molecule is Cc1nc(CNCC(O)COCC2CCCO2)oc1C. The topological polar surface area (TPSA) is 76.8 Å². The van der Waals surface area contributed by atoms with Crippen molar-refractivity contribution < 1.29 is 19.0 Å². The number of ether oxygens (including phenoxy) is 2. The highest BCUT2D eigenvalue weighted by Crippen LogP contribution is 2.12. The van der Waals surface area contributed by atoms with E-state index in [1.807, 2.05) is 13.8 Å². The minimum Gasteiger partial charge on any atom is -0.444 e. The Morgan fingerprint density at radius 1 is 1.50 bits per heavy atom. The summed E-state index contributed by atoms with van der Waals surface area (Å²) in [5, 5.41) is 12.9. The molecule has 0 aliphatic carbocycles. The van der Waals surface area contributed by atoms with Gasteiger partial charge in [-0.1, -0.05) is 0 Å². The Balaban J connectivity index is 1.54. The van der Waals surface area contributed by atoms with E-state index in [0.29, 0.717) is 32.2 Å². The summed E-state index contributed by atoms with van der Waals surface area (Å²) in [7, 11) is 0. The summed E-state index contributed by atoms with van der Waals surface area (Å²) in [6.45, 7) is 6.47. The predicted molar refractivity (Wildman–Crippen MR) is 73.5 cm³/mol. The number of nitrogens with zero attached hydrogens (tertiary/aromatic N) is 1. The Bertz CT molecular complexity index is 382. The van der Waals surface area contributed by atoms with Gasteiger partial charge in [-0.05, 0) is 26.7 Å². The molecule has 0 bridgehead atoms. The van der Waals surface area contributed by atoms with Gasteiger partial charge in [0.2, 0.25) is 5.89 Å². The van der Waals surface area contributed by atoms with Gasteiger partial charge in [-0.15, -0.1) is 0 Å². The van der Waals surface area contributed by atoms with Crippen LogP contribution < -0.4 is 5.32 Å². The van der Waals surface area contributed by atoms with Crippen molar-refractivity contribution in [2.24, 2.45) is 0 Å². The summed E-state index contributed by atoms with van der Waals surface area (Å²) < 4.78 is 16.3. The van der Waals surface area contributed by atoms with E-state index >= 15 is 0 Å². The molecule has 0 amide bonds. The summed E-state index contributed by atoms with van der Waals surface area (Å²) in [6.07, 6.45) is 1.83. The van der Waals surface area contributed by atoms with E-state index in [0.717, 1.165) is 30.9 Å². The smallest absolute Gasteiger partial charge is 0.208 e. The van der Waals surface area contributed by atoms with Gasteiger partial charge in [0, 0.05) is 13.2 Å². The van der Waals surface area contributed by atoms with Crippen LogP contribution in [0.2, 0.25) is 0 Å². The van der Waals surface area contributed by atoms with Crippen LogP contribution in [0.4, 0.5) is 0 Å². The molecule has 1 fully saturated rings. The number of hydrogen-bond donors (Lipinski definition) is 2. The van der Waals surface area contributed by atoms with Gasteiger partial charge in [-0.25, -0.2) is 4.98 Å². The molecular weight excluding hydrogens is 260 g/mol. The lowest BCUT2D eigenvalue weighted by Crippen LogP contribution is -2.31. The van der Waals surface area contributed by atoms with Crippen LogP contribution in [-0.2, 0) is 16.0 Å². The van der Waals surface area contributed by atoms with Gasteiger partial charge < -0.3 is 24.3 Å². The van der Waals surface area contributed by atoms with E-state index in [4.69, 9.17) is 13.9 Å². The Hall–Kier alpha value is -0.950. The normalized spacial score (nSPS) is 20.4. The number of nitrogens with one attached hydrogen (secondary N) is 1. The molecule has 1 aromatic heterocycles. The largest absolute Gasteiger partial charge is 0.444 e. The molecule has 1 aromatic rings. The van der Waals surface area contributed by atoms with Gasteiger partial charge in [0.15, 0.2) is 0 Å². The molecule has 2 N–H and O–H groups in total. The molecule has 20 heavy (non-hydrogen) atoms. The molecule has 1 saturated heterocycles. The van der Waals surface area contributed by atoms with Gasteiger partial charge in [0.25, 0.3) is 0 Å². The fourth-order valence-corrected chi connectivity index (χ4v) is 2.13. The first-order valence-corrected chi connectivity index (χ1v) is 7.16. The van der Waals surface area contributed by atoms with Crippen molar-refractivity contribution in [2.45, 2.75) is 45.4 Å². The first-order valence-electron chi connectivity index (χ1n) is 7.16. The number of aryl methyl sites for hydroxylation is 2. The number of aromatic nitrogens is 1. The van der Waals surface area contributed by atoms with Crippen LogP contribution in [-0.4, -0.2) is 48.7 Å². The van der Waals surface area contributed by atoms with E-state index in [2.05, 4.69) is 10.3 Å². The minimum atomic E-state index is -0.534. The highest BCUT2D eigenvalue weighted by molar-refractivity contribution is 5.05. The zero-order valence-electron chi connectivity index (χ0n) is 12.2. The third kappa shape index (κ3) is 4.86. The maximum atomic E-state index is 9.78. The van der Waals surface area contributed by atoms with Crippen LogP contribution in [0, 0.1) is 13.8 Å². The first-order chi connectivity index (χ1) is 9.65. The van der Waals surface area contributed by atoms with Crippen LogP contribution in [0.25, 0.3) is 0 Å². The summed E-state index contributed by atoms with van der Waals surface area (Å²) >= 11 is 0. The number of aliphatic hydroxyl groups excluding tert-OH is 1. The zero-order chi connectivity index (χ0) is 14.4. The number of hydrogen-bond acceptors (Lipinski definition) is 6. The fraction of sp³-hybridized carbons (Fsp3) is 0.786. The molecule has 0 spiro atoms. The lowest BCUT2D eigenvalue weighted by molar-refractivity contribution is -0.0165. The van der Waals surface area contributed by atoms with Crippen LogP contribution in [0.1, 0.15) is 30.2 Å². The molecule has 2 heterocycles. The molecule has 0 saturated carbocycles. The molecule has 6 nitrogen and oxygen atoms in total. The Labute approximate surface area is 119 Å². The van der Waals surface area contributed by atoms with E-state index < -0.39 is 6.10 Å². The van der Waals surface area contributed by atoms with Crippen molar-refractivity contribution in [2.75, 3.05) is 26.4 Å². The molecule has 0 radical (unpaired) electrons. The summed E-state index contributed by atoms with van der Waals surface area (Å²) in [5.41, 5.74) is 0.905. The average Bonchev–Trinajstić information content (AvgIpc) is 3.01.